The molecule has 5 rings (SSSR count). The van der Waals surface area contributed by atoms with Gasteiger partial charge in [0.25, 0.3) is 0 Å². The molecule has 1 nitrogen and oxygen atoms in total. The van der Waals surface area contributed by atoms with Crippen LogP contribution in [0, 0.1) is 5.92 Å². The summed E-state index contributed by atoms with van der Waals surface area (Å²) < 4.78 is 0. The molecule has 3 aromatic rings. The minimum Gasteiger partial charge on any atom is -1.00 e. The Balaban J connectivity index is 0.000000269. The molecule has 0 bridgehead atoms. The second kappa shape index (κ2) is 11.9. The first-order valence-electron chi connectivity index (χ1n) is 8.67. The van der Waals surface area contributed by atoms with Gasteiger partial charge in [-0.1, -0.05) is 73.3 Å². The molecule has 2 aromatic carbocycles. The van der Waals surface area contributed by atoms with Crippen molar-refractivity contribution in [3.63, 3.8) is 0 Å². The van der Waals surface area contributed by atoms with Gasteiger partial charge in [0.05, 0.1) is 0 Å². The Morgan fingerprint density at radius 3 is 2.54 bits per heavy atom. The predicted molar refractivity (Wildman–Crippen MR) is 109 cm³/mol. The van der Waals surface area contributed by atoms with E-state index >= 15 is 0 Å². The Morgan fingerprint density at radius 2 is 1.86 bits per heavy atom. The number of halogens is 2. The Morgan fingerprint density at radius 1 is 1.07 bits per heavy atom. The van der Waals surface area contributed by atoms with E-state index < -0.39 is 0 Å². The number of hydrogen-bond donors (Lipinski definition) is 0. The maximum atomic E-state index is 4.34. The summed E-state index contributed by atoms with van der Waals surface area (Å²) in [5.41, 5.74) is 2.23. The summed E-state index contributed by atoms with van der Waals surface area (Å²) in [5.74, 6) is 0.639. The van der Waals surface area contributed by atoms with Crippen molar-refractivity contribution in [2.75, 3.05) is 0 Å². The molecule has 141 valence electrons. The molecule has 1 radical (unpaired) electrons. The van der Waals surface area contributed by atoms with Crippen molar-refractivity contribution in [1.29, 1.82) is 0 Å². The fraction of sp³-hybridized carbons (Fsp3) is 0.130. The molecule has 0 N–H and O–H groups in total. The van der Waals surface area contributed by atoms with Gasteiger partial charge in [-0.25, -0.2) is 0 Å². The molecular weight excluding hydrogens is 484 g/mol. The summed E-state index contributed by atoms with van der Waals surface area (Å²) in [5, 5.41) is 2.55. The third-order valence-electron chi connectivity index (χ3n) is 4.45. The summed E-state index contributed by atoms with van der Waals surface area (Å²) in [4.78, 5) is 7.38. The number of aromatic nitrogens is 1. The molecule has 1 aromatic heterocycles. The molecule has 2 heterocycles. The second-order valence-electron chi connectivity index (χ2n) is 6.16. The first kappa shape index (κ1) is 25.1. The fourth-order valence-corrected chi connectivity index (χ4v) is 4.21. The number of nitrogens with zero attached hydrogens (tertiary/aromatic N) is 1. The molecule has 1 unspecified atom stereocenters. The molecular formula is C23H20Cl2NSZr. The van der Waals surface area contributed by atoms with Gasteiger partial charge in [-0.05, 0) is 17.4 Å². The number of thioether (sulfide) groups is 1. The van der Waals surface area contributed by atoms with Crippen molar-refractivity contribution in [3.8, 4) is 11.3 Å². The van der Waals surface area contributed by atoms with Gasteiger partial charge in [0.1, 0.15) is 0 Å². The maximum absolute atomic E-state index is 4.34. The number of pyridine rings is 1. The minimum absolute atomic E-state index is 0. The molecule has 1 aliphatic carbocycles. The van der Waals surface area contributed by atoms with Gasteiger partial charge in [-0.3, -0.25) is 4.98 Å². The normalized spacial score (nSPS) is 15.8. The first-order valence-corrected chi connectivity index (χ1v) is 9.49. The zero-order valence-electron chi connectivity index (χ0n) is 15.5. The number of benzene rings is 1. The van der Waals surface area contributed by atoms with Crippen LogP contribution in [-0.2, 0) is 26.2 Å². The Kier molecular flexibility index (Phi) is 10.6. The molecule has 0 spiro atoms. The molecule has 0 fully saturated rings. The topological polar surface area (TPSA) is 12.9 Å². The van der Waals surface area contributed by atoms with Gasteiger partial charge >= 0.3 is 26.2 Å². The van der Waals surface area contributed by atoms with E-state index in [0.717, 1.165) is 5.69 Å². The van der Waals surface area contributed by atoms with Crippen LogP contribution in [0.4, 0.5) is 0 Å². The zero-order chi connectivity index (χ0) is 17.1. The standard InChI is InChI=1S/C14H10N.C9H10S.2ClH.Zr/c1-2-6-12-10-13(9-11(12)5-1)14-7-3-4-8-15-14;1-2-8-6-7-4-3-5-9(7)10-8;;;/h1-10H;3-7H,2H2,1H3;2*1H;/q-1;;;;+3/p-2. The van der Waals surface area contributed by atoms with Crippen molar-refractivity contribution in [2.24, 2.45) is 5.92 Å². The molecule has 0 amide bonds. The summed E-state index contributed by atoms with van der Waals surface area (Å²) >= 11 is 1.94. The summed E-state index contributed by atoms with van der Waals surface area (Å²) in [7, 11) is 0. The van der Waals surface area contributed by atoms with E-state index in [9.17, 15) is 0 Å². The summed E-state index contributed by atoms with van der Waals surface area (Å²) in [6.07, 6.45) is 12.0. The molecule has 0 saturated carbocycles. The van der Waals surface area contributed by atoms with E-state index in [-0.39, 0.29) is 51.0 Å². The molecule has 28 heavy (non-hydrogen) atoms. The number of allylic oxidation sites excluding steroid dienone is 6. The van der Waals surface area contributed by atoms with Crippen LogP contribution in [0.2, 0.25) is 0 Å². The van der Waals surface area contributed by atoms with Gasteiger partial charge in [0.15, 0.2) is 0 Å². The SMILES string of the molecule is CCC1=CC2C=CC=C2S1.[Cl-].[Cl-].[Zr+3].c1ccc(-c2cc3ccccc3[cH-]2)nc1. The van der Waals surface area contributed by atoms with Crippen molar-refractivity contribution >= 4 is 22.5 Å². The van der Waals surface area contributed by atoms with Gasteiger partial charge < -0.3 is 24.8 Å². The fourth-order valence-electron chi connectivity index (χ4n) is 3.12. The number of rotatable bonds is 2. The second-order valence-corrected chi connectivity index (χ2v) is 7.36. The van der Waals surface area contributed by atoms with E-state index in [0.29, 0.717) is 5.92 Å². The monoisotopic (exact) mass is 502 g/mol. The van der Waals surface area contributed by atoms with E-state index in [1.54, 1.807) is 0 Å². The van der Waals surface area contributed by atoms with Crippen molar-refractivity contribution < 1.29 is 51.0 Å². The first-order chi connectivity index (χ1) is 12.3. The van der Waals surface area contributed by atoms with Gasteiger partial charge in [0, 0.05) is 22.7 Å². The number of hydrogen-bond acceptors (Lipinski definition) is 2. The Labute approximate surface area is 202 Å². The molecule has 1 atom stereocenters. The predicted octanol–water partition coefficient (Wildman–Crippen LogP) is 0.723. The minimum atomic E-state index is 0. The van der Waals surface area contributed by atoms with Crippen LogP contribution in [0.5, 0.6) is 0 Å². The summed E-state index contributed by atoms with van der Waals surface area (Å²) in [6.45, 7) is 2.21. The average Bonchev–Trinajstić information content (AvgIpc) is 3.36. The van der Waals surface area contributed by atoms with Gasteiger partial charge in [-0.15, -0.1) is 34.5 Å². The number of fused-ring (bicyclic) bond motifs is 2. The third-order valence-corrected chi connectivity index (χ3v) is 5.78. The molecule has 2 aliphatic rings. The van der Waals surface area contributed by atoms with Crippen LogP contribution in [0.15, 0.2) is 94.9 Å². The van der Waals surface area contributed by atoms with Crippen LogP contribution in [0.25, 0.3) is 22.0 Å². The van der Waals surface area contributed by atoms with E-state index in [4.69, 9.17) is 0 Å². The Hall–Kier alpha value is -0.987. The van der Waals surface area contributed by atoms with Crippen molar-refractivity contribution in [2.45, 2.75) is 13.3 Å². The zero-order valence-corrected chi connectivity index (χ0v) is 20.3. The third kappa shape index (κ3) is 5.77. The maximum Gasteiger partial charge on any atom is 3.00 e. The average molecular weight is 505 g/mol. The van der Waals surface area contributed by atoms with Gasteiger partial charge in [0.2, 0.25) is 0 Å². The molecule has 1 aliphatic heterocycles. The van der Waals surface area contributed by atoms with E-state index in [1.807, 2.05) is 36.2 Å². The van der Waals surface area contributed by atoms with Crippen LogP contribution >= 0.6 is 11.8 Å². The van der Waals surface area contributed by atoms with Crippen LogP contribution in [-0.4, -0.2) is 4.98 Å². The Bertz CT molecular complexity index is 943. The summed E-state index contributed by atoms with van der Waals surface area (Å²) in [6, 6.07) is 18.7. The molecule has 0 saturated heterocycles. The largest absolute Gasteiger partial charge is 3.00 e. The smallest absolute Gasteiger partial charge is 1.00 e. The van der Waals surface area contributed by atoms with E-state index in [2.05, 4.69) is 72.6 Å². The van der Waals surface area contributed by atoms with Crippen LogP contribution in [0.1, 0.15) is 13.3 Å². The van der Waals surface area contributed by atoms with Crippen molar-refractivity contribution in [1.82, 2.24) is 4.98 Å². The van der Waals surface area contributed by atoms with Gasteiger partial charge in [-0.2, -0.15) is 0 Å². The van der Waals surface area contributed by atoms with Crippen molar-refractivity contribution in [3.05, 3.63) is 94.9 Å². The van der Waals surface area contributed by atoms with Crippen LogP contribution in [0.3, 0.4) is 0 Å². The quantitative estimate of drug-likeness (QED) is 0.478. The van der Waals surface area contributed by atoms with Crippen LogP contribution < -0.4 is 24.8 Å². The molecule has 5 heteroatoms. The van der Waals surface area contributed by atoms with E-state index in [1.165, 1.54) is 32.6 Å².